The molecule has 0 saturated carbocycles. The van der Waals surface area contributed by atoms with Crippen LogP contribution in [0.15, 0.2) is 59.3 Å². The van der Waals surface area contributed by atoms with Gasteiger partial charge in [-0.3, -0.25) is 9.78 Å². The van der Waals surface area contributed by atoms with E-state index in [1.54, 1.807) is 36.5 Å². The van der Waals surface area contributed by atoms with Crippen LogP contribution in [0.5, 0.6) is 5.75 Å². The molecule has 0 radical (unpaired) electrons. The molecule has 0 saturated heterocycles. The Balaban J connectivity index is 1.71. The zero-order valence-electron chi connectivity index (χ0n) is 15.3. The average molecular weight is 393 g/mol. The largest absolute Gasteiger partial charge is 0.507 e. The summed E-state index contributed by atoms with van der Waals surface area (Å²) >= 11 is 0. The molecule has 148 valence electrons. The number of aliphatic hydroxyl groups is 2. The lowest BCUT2D eigenvalue weighted by molar-refractivity contribution is 0.0786. The Morgan fingerprint density at radius 3 is 2.86 bits per heavy atom. The number of carbonyl (C=O) groups excluding carboxylic acids is 1. The average Bonchev–Trinajstić information content (AvgIpc) is 3.10. The zero-order chi connectivity index (χ0) is 20.4. The minimum Gasteiger partial charge on any atom is -0.507 e. The highest BCUT2D eigenvalue weighted by molar-refractivity contribution is 6.07. The molecule has 0 fully saturated rings. The standard InChI is InChI=1S/C21H19N3O5/c25-11-14(26)9-23-21(28)20-19(16-6-7-22-10-18(16)29-20)24-13-4-5-15-12(8-13)2-1-3-17(15)27/h1-8,10,14,24-27H,9,11H2,(H,23,28). The Morgan fingerprint density at radius 1 is 1.17 bits per heavy atom. The second-order valence-corrected chi connectivity index (χ2v) is 6.56. The molecule has 0 aliphatic heterocycles. The number of carbonyl (C=O) groups is 1. The number of fused-ring (bicyclic) bond motifs is 2. The number of nitrogens with one attached hydrogen (secondary N) is 2. The smallest absolute Gasteiger partial charge is 0.289 e. The number of anilines is 2. The maximum Gasteiger partial charge on any atom is 0.289 e. The first-order valence-corrected chi connectivity index (χ1v) is 8.99. The second kappa shape index (κ2) is 7.78. The van der Waals surface area contributed by atoms with Crippen LogP contribution in [-0.4, -0.2) is 45.5 Å². The van der Waals surface area contributed by atoms with Crippen molar-refractivity contribution in [2.45, 2.75) is 6.10 Å². The molecule has 0 aliphatic carbocycles. The van der Waals surface area contributed by atoms with Gasteiger partial charge < -0.3 is 30.4 Å². The number of aromatic hydroxyl groups is 1. The number of aromatic nitrogens is 1. The van der Waals surface area contributed by atoms with E-state index >= 15 is 0 Å². The minimum absolute atomic E-state index is 0.0362. The Hall–Kier alpha value is -3.62. The fraction of sp³-hybridized carbons (Fsp3) is 0.143. The van der Waals surface area contributed by atoms with Crippen molar-refractivity contribution in [3.63, 3.8) is 0 Å². The van der Waals surface area contributed by atoms with Crippen molar-refractivity contribution in [1.82, 2.24) is 10.3 Å². The van der Waals surface area contributed by atoms with Crippen molar-refractivity contribution < 1.29 is 24.5 Å². The van der Waals surface area contributed by atoms with Crippen LogP contribution in [0.1, 0.15) is 10.6 Å². The summed E-state index contributed by atoms with van der Waals surface area (Å²) in [5.74, 6) is -0.305. The molecule has 0 bridgehead atoms. The van der Waals surface area contributed by atoms with E-state index in [2.05, 4.69) is 15.6 Å². The summed E-state index contributed by atoms with van der Waals surface area (Å²) in [6.45, 7) is -0.571. The van der Waals surface area contributed by atoms with Gasteiger partial charge in [-0.2, -0.15) is 0 Å². The first-order valence-electron chi connectivity index (χ1n) is 8.99. The van der Waals surface area contributed by atoms with E-state index in [0.29, 0.717) is 22.3 Å². The third-order valence-electron chi connectivity index (χ3n) is 4.53. The van der Waals surface area contributed by atoms with Crippen LogP contribution >= 0.6 is 0 Å². The van der Waals surface area contributed by atoms with Crippen LogP contribution in [-0.2, 0) is 0 Å². The van der Waals surface area contributed by atoms with Gasteiger partial charge in [0.2, 0.25) is 5.76 Å². The van der Waals surface area contributed by atoms with Crippen molar-refractivity contribution in [2.24, 2.45) is 0 Å². The minimum atomic E-state index is -1.06. The van der Waals surface area contributed by atoms with Gasteiger partial charge in [0.25, 0.3) is 5.91 Å². The summed E-state index contributed by atoms with van der Waals surface area (Å²) in [6.07, 6.45) is 2.05. The summed E-state index contributed by atoms with van der Waals surface area (Å²) in [4.78, 5) is 16.6. The lowest BCUT2D eigenvalue weighted by Gasteiger charge is -2.11. The molecular weight excluding hydrogens is 374 g/mol. The number of hydrogen-bond acceptors (Lipinski definition) is 7. The van der Waals surface area contributed by atoms with Gasteiger partial charge in [-0.05, 0) is 35.7 Å². The van der Waals surface area contributed by atoms with Gasteiger partial charge in [0.15, 0.2) is 5.58 Å². The third kappa shape index (κ3) is 3.71. The Morgan fingerprint density at radius 2 is 2.03 bits per heavy atom. The normalized spacial score (nSPS) is 12.2. The Labute approximate surface area is 165 Å². The molecule has 1 atom stereocenters. The maximum absolute atomic E-state index is 12.6. The number of benzene rings is 2. The van der Waals surface area contributed by atoms with Gasteiger partial charge in [-0.15, -0.1) is 0 Å². The number of phenols is 1. The van der Waals surface area contributed by atoms with Gasteiger partial charge >= 0.3 is 0 Å². The summed E-state index contributed by atoms with van der Waals surface area (Å²) in [7, 11) is 0. The molecule has 4 aromatic rings. The molecule has 5 N–H and O–H groups in total. The van der Waals surface area contributed by atoms with E-state index in [-0.39, 0.29) is 18.1 Å². The van der Waals surface area contributed by atoms with Crippen LogP contribution < -0.4 is 10.6 Å². The molecule has 0 aliphatic rings. The molecule has 0 spiro atoms. The van der Waals surface area contributed by atoms with Gasteiger partial charge in [0.1, 0.15) is 5.75 Å². The van der Waals surface area contributed by atoms with E-state index < -0.39 is 18.6 Å². The topological polar surface area (TPSA) is 128 Å². The second-order valence-electron chi connectivity index (χ2n) is 6.56. The van der Waals surface area contributed by atoms with Crippen LogP contribution in [0.4, 0.5) is 11.4 Å². The SMILES string of the molecule is O=C(NCC(O)CO)c1oc2cnccc2c1Nc1ccc2c(O)cccc2c1. The number of furan rings is 1. The van der Waals surface area contributed by atoms with Crippen LogP contribution in [0, 0.1) is 0 Å². The highest BCUT2D eigenvalue weighted by Gasteiger charge is 2.21. The van der Waals surface area contributed by atoms with Crippen LogP contribution in [0.25, 0.3) is 21.7 Å². The molecule has 1 unspecified atom stereocenters. The fourth-order valence-electron chi connectivity index (χ4n) is 3.08. The predicted molar refractivity (Wildman–Crippen MR) is 108 cm³/mol. The summed E-state index contributed by atoms with van der Waals surface area (Å²) in [5, 5.41) is 36.3. The van der Waals surface area contributed by atoms with Crippen molar-refractivity contribution in [1.29, 1.82) is 0 Å². The highest BCUT2D eigenvalue weighted by Crippen LogP contribution is 2.34. The Kier molecular flexibility index (Phi) is 5.03. The van der Waals surface area contributed by atoms with E-state index in [4.69, 9.17) is 9.52 Å². The molecule has 4 rings (SSSR count). The molecule has 8 nitrogen and oxygen atoms in total. The fourth-order valence-corrected chi connectivity index (χ4v) is 3.08. The van der Waals surface area contributed by atoms with E-state index in [1.165, 1.54) is 6.20 Å². The molecule has 29 heavy (non-hydrogen) atoms. The van der Waals surface area contributed by atoms with Gasteiger partial charge in [0.05, 0.1) is 24.6 Å². The predicted octanol–water partition coefficient (Wildman–Crippen LogP) is 2.51. The number of amides is 1. The van der Waals surface area contributed by atoms with Crippen molar-refractivity contribution in [3.8, 4) is 5.75 Å². The van der Waals surface area contributed by atoms with Crippen molar-refractivity contribution >= 4 is 39.0 Å². The molecule has 2 heterocycles. The summed E-state index contributed by atoms with van der Waals surface area (Å²) in [5.41, 5.74) is 1.59. The van der Waals surface area contributed by atoms with Crippen LogP contribution in [0.3, 0.4) is 0 Å². The third-order valence-corrected chi connectivity index (χ3v) is 4.53. The summed E-state index contributed by atoms with van der Waals surface area (Å²) in [6, 6.07) is 12.4. The molecule has 1 amide bonds. The summed E-state index contributed by atoms with van der Waals surface area (Å²) < 4.78 is 5.68. The van der Waals surface area contributed by atoms with Gasteiger partial charge in [-0.1, -0.05) is 12.1 Å². The van der Waals surface area contributed by atoms with Crippen LogP contribution in [0.2, 0.25) is 0 Å². The van der Waals surface area contributed by atoms with E-state index in [0.717, 1.165) is 10.8 Å². The van der Waals surface area contributed by atoms with Gasteiger partial charge in [0, 0.05) is 29.2 Å². The van der Waals surface area contributed by atoms with Crippen molar-refractivity contribution in [2.75, 3.05) is 18.5 Å². The first-order chi connectivity index (χ1) is 14.1. The quantitative estimate of drug-likeness (QED) is 0.340. The Bertz CT molecular complexity index is 1190. The van der Waals surface area contributed by atoms with Crippen molar-refractivity contribution in [3.05, 3.63) is 60.6 Å². The number of rotatable bonds is 6. The van der Waals surface area contributed by atoms with Gasteiger partial charge in [-0.25, -0.2) is 0 Å². The zero-order valence-corrected chi connectivity index (χ0v) is 15.3. The maximum atomic E-state index is 12.6. The highest BCUT2D eigenvalue weighted by atomic mass is 16.3. The number of nitrogens with zero attached hydrogens (tertiary/aromatic N) is 1. The first kappa shape index (κ1) is 18.7. The lowest BCUT2D eigenvalue weighted by atomic mass is 10.1. The monoisotopic (exact) mass is 393 g/mol. The van der Waals surface area contributed by atoms with E-state index in [9.17, 15) is 15.0 Å². The lowest BCUT2D eigenvalue weighted by Crippen LogP contribution is -2.33. The number of hydrogen-bond donors (Lipinski definition) is 5. The van der Waals surface area contributed by atoms with E-state index in [1.807, 2.05) is 12.1 Å². The number of aliphatic hydroxyl groups excluding tert-OH is 2. The molecule has 2 aromatic heterocycles. The number of phenolic OH excluding ortho intramolecular Hbond substituents is 1. The molecular formula is C21H19N3O5. The molecule has 2 aromatic carbocycles. The number of pyridine rings is 1. The molecule has 8 heteroatoms.